The number of para-hydroxylation sites is 1. The monoisotopic (exact) mass is 290 g/mol. The van der Waals surface area contributed by atoms with Gasteiger partial charge in [-0.1, -0.05) is 54.0 Å². The molecular formula is C15H15BrO. The third-order valence-corrected chi connectivity index (χ3v) is 3.13. The van der Waals surface area contributed by atoms with Gasteiger partial charge in [0, 0.05) is 10.0 Å². The Labute approximate surface area is 111 Å². The number of benzene rings is 2. The highest BCUT2D eigenvalue weighted by atomic mass is 79.9. The number of ether oxygens (including phenoxy) is 1. The molecule has 17 heavy (non-hydrogen) atoms. The number of rotatable bonds is 0. The number of hydrogen-bond acceptors (Lipinski definition) is 1. The van der Waals surface area contributed by atoms with E-state index in [1.807, 2.05) is 32.0 Å². The van der Waals surface area contributed by atoms with Gasteiger partial charge in [0.25, 0.3) is 0 Å². The smallest absolute Gasteiger partial charge is 0.127 e. The van der Waals surface area contributed by atoms with Gasteiger partial charge in [0.2, 0.25) is 0 Å². The second-order valence-electron chi connectivity index (χ2n) is 3.59. The third kappa shape index (κ3) is 2.37. The largest absolute Gasteiger partial charge is 0.488 e. The molecule has 0 unspecified atom stereocenters. The zero-order valence-corrected chi connectivity index (χ0v) is 11.6. The van der Waals surface area contributed by atoms with Crippen molar-refractivity contribution in [2.45, 2.75) is 20.5 Å². The van der Waals surface area contributed by atoms with E-state index in [1.54, 1.807) is 0 Å². The fraction of sp³-hybridized carbons (Fsp3) is 0.200. The lowest BCUT2D eigenvalue weighted by Crippen LogP contribution is -2.04. The normalized spacial score (nSPS) is 11.5. The van der Waals surface area contributed by atoms with E-state index in [0.29, 0.717) is 6.61 Å². The average Bonchev–Trinajstić information content (AvgIpc) is 2.41. The molecule has 0 fully saturated rings. The minimum atomic E-state index is 0.666. The second-order valence-corrected chi connectivity index (χ2v) is 4.50. The van der Waals surface area contributed by atoms with Crippen LogP contribution in [0.15, 0.2) is 46.9 Å². The van der Waals surface area contributed by atoms with Gasteiger partial charge in [-0.2, -0.15) is 0 Å². The predicted octanol–water partition coefficient (Wildman–Crippen LogP) is 5.03. The molecule has 0 amide bonds. The van der Waals surface area contributed by atoms with Gasteiger partial charge < -0.3 is 4.74 Å². The van der Waals surface area contributed by atoms with E-state index in [-0.39, 0.29) is 0 Å². The van der Waals surface area contributed by atoms with Crippen LogP contribution in [-0.2, 0) is 6.61 Å². The molecule has 0 aromatic heterocycles. The van der Waals surface area contributed by atoms with Crippen molar-refractivity contribution < 1.29 is 4.74 Å². The second kappa shape index (κ2) is 5.37. The molecule has 1 aliphatic heterocycles. The Balaban J connectivity index is 0.000000514. The predicted molar refractivity (Wildman–Crippen MR) is 75.3 cm³/mol. The maximum atomic E-state index is 5.67. The van der Waals surface area contributed by atoms with E-state index in [0.717, 1.165) is 10.2 Å². The molecule has 0 aliphatic carbocycles. The van der Waals surface area contributed by atoms with E-state index in [2.05, 4.69) is 40.2 Å². The van der Waals surface area contributed by atoms with Crippen molar-refractivity contribution in [3.05, 3.63) is 52.5 Å². The zero-order chi connectivity index (χ0) is 12.3. The van der Waals surface area contributed by atoms with Crippen LogP contribution in [-0.4, -0.2) is 0 Å². The van der Waals surface area contributed by atoms with Crippen LogP contribution in [0.5, 0.6) is 5.75 Å². The van der Waals surface area contributed by atoms with E-state index >= 15 is 0 Å². The lowest BCUT2D eigenvalue weighted by atomic mass is 9.97. The van der Waals surface area contributed by atoms with Gasteiger partial charge in [-0.3, -0.25) is 0 Å². The molecular weight excluding hydrogens is 276 g/mol. The Bertz CT molecular complexity index is 520. The Morgan fingerprint density at radius 2 is 1.76 bits per heavy atom. The molecule has 2 heteroatoms. The van der Waals surface area contributed by atoms with E-state index < -0.39 is 0 Å². The van der Waals surface area contributed by atoms with Crippen molar-refractivity contribution in [3.8, 4) is 16.9 Å². The van der Waals surface area contributed by atoms with E-state index in [4.69, 9.17) is 4.74 Å². The van der Waals surface area contributed by atoms with Gasteiger partial charge in [-0.15, -0.1) is 0 Å². The summed E-state index contributed by atoms with van der Waals surface area (Å²) in [5.74, 6) is 0.975. The Morgan fingerprint density at radius 3 is 2.59 bits per heavy atom. The van der Waals surface area contributed by atoms with Crippen molar-refractivity contribution in [1.82, 2.24) is 0 Å². The molecule has 3 rings (SSSR count). The maximum Gasteiger partial charge on any atom is 0.127 e. The molecule has 0 N–H and O–H groups in total. The Hall–Kier alpha value is -1.28. The summed E-state index contributed by atoms with van der Waals surface area (Å²) in [6.45, 7) is 4.67. The highest BCUT2D eigenvalue weighted by Crippen LogP contribution is 2.38. The van der Waals surface area contributed by atoms with Crippen LogP contribution in [0.2, 0.25) is 0 Å². The minimum absolute atomic E-state index is 0.666. The van der Waals surface area contributed by atoms with Gasteiger partial charge in [0.15, 0.2) is 0 Å². The van der Waals surface area contributed by atoms with Crippen molar-refractivity contribution in [2.75, 3.05) is 0 Å². The summed E-state index contributed by atoms with van der Waals surface area (Å²) in [5.41, 5.74) is 3.70. The highest BCUT2D eigenvalue weighted by Gasteiger charge is 2.16. The summed E-state index contributed by atoms with van der Waals surface area (Å²) in [7, 11) is 0. The summed E-state index contributed by atoms with van der Waals surface area (Å²) in [6, 6.07) is 14.5. The molecule has 0 bridgehead atoms. The molecule has 0 spiro atoms. The molecule has 1 nitrogen and oxygen atoms in total. The molecule has 0 saturated carbocycles. The molecule has 1 aliphatic rings. The number of fused-ring (bicyclic) bond motifs is 3. The van der Waals surface area contributed by atoms with Crippen molar-refractivity contribution >= 4 is 15.9 Å². The summed E-state index contributed by atoms with van der Waals surface area (Å²) in [5, 5.41) is 0. The van der Waals surface area contributed by atoms with Crippen LogP contribution in [0.3, 0.4) is 0 Å². The summed E-state index contributed by atoms with van der Waals surface area (Å²) in [6.07, 6.45) is 0. The van der Waals surface area contributed by atoms with Crippen LogP contribution >= 0.6 is 15.9 Å². The molecule has 0 atom stereocenters. The fourth-order valence-corrected chi connectivity index (χ4v) is 2.26. The standard InChI is InChI=1S/C13H9BrO.C2H6/c14-10-6-5-9-8-15-13-4-2-1-3-11(13)12(9)7-10;1-2/h1-7H,8H2;1-2H3. The molecule has 88 valence electrons. The Morgan fingerprint density at radius 1 is 1.00 bits per heavy atom. The van der Waals surface area contributed by atoms with Gasteiger partial charge >= 0.3 is 0 Å². The summed E-state index contributed by atoms with van der Waals surface area (Å²) < 4.78 is 6.78. The zero-order valence-electron chi connectivity index (χ0n) is 10.0. The first-order valence-electron chi connectivity index (χ1n) is 5.85. The molecule has 0 saturated heterocycles. The topological polar surface area (TPSA) is 9.23 Å². The molecule has 0 radical (unpaired) electrons. The molecule has 2 aromatic carbocycles. The first kappa shape index (κ1) is 12.2. The fourth-order valence-electron chi connectivity index (χ4n) is 1.90. The Kier molecular flexibility index (Phi) is 3.85. The van der Waals surface area contributed by atoms with Gasteiger partial charge in [-0.05, 0) is 29.3 Å². The number of halogens is 1. The van der Waals surface area contributed by atoms with Gasteiger partial charge in [0.1, 0.15) is 12.4 Å². The SMILES string of the molecule is Brc1ccc2c(c1)-c1ccccc1OC2.CC. The van der Waals surface area contributed by atoms with Crippen molar-refractivity contribution in [2.24, 2.45) is 0 Å². The summed E-state index contributed by atoms with van der Waals surface area (Å²) >= 11 is 3.50. The van der Waals surface area contributed by atoms with Crippen LogP contribution in [0.4, 0.5) is 0 Å². The van der Waals surface area contributed by atoms with Gasteiger partial charge in [-0.25, -0.2) is 0 Å². The maximum absolute atomic E-state index is 5.67. The molecule has 2 aromatic rings. The van der Waals surface area contributed by atoms with E-state index in [9.17, 15) is 0 Å². The van der Waals surface area contributed by atoms with Crippen LogP contribution < -0.4 is 4.74 Å². The first-order chi connectivity index (χ1) is 8.34. The lowest BCUT2D eigenvalue weighted by Gasteiger charge is -2.20. The minimum Gasteiger partial charge on any atom is -0.488 e. The molecule has 1 heterocycles. The average molecular weight is 291 g/mol. The van der Waals surface area contributed by atoms with E-state index in [1.165, 1.54) is 16.7 Å². The quantitative estimate of drug-likeness (QED) is 0.661. The van der Waals surface area contributed by atoms with Crippen molar-refractivity contribution in [1.29, 1.82) is 0 Å². The van der Waals surface area contributed by atoms with Gasteiger partial charge in [0.05, 0.1) is 0 Å². The highest BCUT2D eigenvalue weighted by molar-refractivity contribution is 9.10. The van der Waals surface area contributed by atoms with Crippen LogP contribution in [0.25, 0.3) is 11.1 Å². The lowest BCUT2D eigenvalue weighted by molar-refractivity contribution is 0.302. The number of hydrogen-bond donors (Lipinski definition) is 0. The third-order valence-electron chi connectivity index (χ3n) is 2.63. The van der Waals surface area contributed by atoms with Crippen molar-refractivity contribution in [3.63, 3.8) is 0 Å². The summed E-state index contributed by atoms with van der Waals surface area (Å²) in [4.78, 5) is 0. The van der Waals surface area contributed by atoms with Crippen LogP contribution in [0, 0.1) is 0 Å². The van der Waals surface area contributed by atoms with Crippen LogP contribution in [0.1, 0.15) is 19.4 Å². The first-order valence-corrected chi connectivity index (χ1v) is 6.64.